The van der Waals surface area contributed by atoms with Crippen LogP contribution in [-0.4, -0.2) is 11.7 Å². The zero-order chi connectivity index (χ0) is 13.0. The highest BCUT2D eigenvalue weighted by molar-refractivity contribution is 5.27. The molecule has 0 saturated heterocycles. The molecule has 2 atom stereocenters. The van der Waals surface area contributed by atoms with Gasteiger partial charge in [0, 0.05) is 0 Å². The molecular formula is C16H25NO. The van der Waals surface area contributed by atoms with Gasteiger partial charge in [0.05, 0.1) is 6.10 Å². The molecule has 0 spiro atoms. The summed E-state index contributed by atoms with van der Waals surface area (Å²) in [7, 11) is 0. The second kappa shape index (κ2) is 6.35. The first kappa shape index (κ1) is 13.6. The van der Waals surface area contributed by atoms with Gasteiger partial charge in [-0.3, -0.25) is 0 Å². The Morgan fingerprint density at radius 1 is 1.11 bits per heavy atom. The van der Waals surface area contributed by atoms with Crippen molar-refractivity contribution < 1.29 is 5.11 Å². The molecule has 0 radical (unpaired) electrons. The average Bonchev–Trinajstić information content (AvgIpc) is 2.47. The van der Waals surface area contributed by atoms with E-state index in [1.54, 1.807) is 0 Å². The van der Waals surface area contributed by atoms with Crippen molar-refractivity contribution in [3.63, 3.8) is 0 Å². The Bertz CT molecular complexity index is 354. The number of nitrogens with two attached hydrogens (primary N) is 1. The zero-order valence-electron chi connectivity index (χ0n) is 11.3. The van der Waals surface area contributed by atoms with Gasteiger partial charge in [-0.1, -0.05) is 50.5 Å². The molecule has 2 nitrogen and oxygen atoms in total. The van der Waals surface area contributed by atoms with Crippen molar-refractivity contribution >= 4 is 0 Å². The molecule has 18 heavy (non-hydrogen) atoms. The maximum absolute atomic E-state index is 10.4. The van der Waals surface area contributed by atoms with E-state index in [4.69, 9.17) is 5.73 Å². The lowest BCUT2D eigenvalue weighted by molar-refractivity contribution is 0.0848. The zero-order valence-corrected chi connectivity index (χ0v) is 11.3. The van der Waals surface area contributed by atoms with Crippen LogP contribution in [0.5, 0.6) is 0 Å². The van der Waals surface area contributed by atoms with Crippen molar-refractivity contribution in [3.8, 4) is 0 Å². The van der Waals surface area contributed by atoms with Crippen LogP contribution >= 0.6 is 0 Å². The van der Waals surface area contributed by atoms with Crippen LogP contribution in [0.3, 0.4) is 0 Å². The molecule has 2 rings (SSSR count). The van der Waals surface area contributed by atoms with Gasteiger partial charge in [-0.25, -0.2) is 0 Å². The molecule has 0 aliphatic heterocycles. The molecule has 100 valence electrons. The predicted molar refractivity (Wildman–Crippen MR) is 75.4 cm³/mol. The van der Waals surface area contributed by atoms with Gasteiger partial charge < -0.3 is 10.8 Å². The molecule has 1 aliphatic carbocycles. The summed E-state index contributed by atoms with van der Waals surface area (Å²) < 4.78 is 0. The summed E-state index contributed by atoms with van der Waals surface area (Å²) >= 11 is 0. The average molecular weight is 247 g/mol. The van der Waals surface area contributed by atoms with E-state index < -0.39 is 0 Å². The van der Waals surface area contributed by atoms with E-state index in [9.17, 15) is 5.11 Å². The minimum atomic E-state index is -0.285. The van der Waals surface area contributed by atoms with Gasteiger partial charge in [0.15, 0.2) is 0 Å². The maximum Gasteiger partial charge on any atom is 0.0818 e. The summed E-state index contributed by atoms with van der Waals surface area (Å²) in [5, 5.41) is 10.4. The van der Waals surface area contributed by atoms with Crippen molar-refractivity contribution in [1.29, 1.82) is 0 Å². The van der Waals surface area contributed by atoms with Crippen molar-refractivity contribution in [2.24, 2.45) is 11.7 Å². The number of rotatable bonds is 4. The Kier molecular flexibility index (Phi) is 4.79. The van der Waals surface area contributed by atoms with Crippen LogP contribution in [0.2, 0.25) is 0 Å². The van der Waals surface area contributed by atoms with Gasteiger partial charge in [0.2, 0.25) is 0 Å². The largest absolute Gasteiger partial charge is 0.388 e. The highest BCUT2D eigenvalue weighted by atomic mass is 16.3. The molecule has 2 unspecified atom stereocenters. The second-order valence-corrected chi connectivity index (χ2v) is 5.65. The van der Waals surface area contributed by atoms with Crippen LogP contribution in [0.15, 0.2) is 24.3 Å². The van der Waals surface area contributed by atoms with E-state index in [2.05, 4.69) is 31.2 Å². The van der Waals surface area contributed by atoms with Crippen LogP contribution in [0.4, 0.5) is 0 Å². The Balaban J connectivity index is 2.03. The fraction of sp³-hybridized carbons (Fsp3) is 0.625. The molecule has 0 aromatic heterocycles. The Hall–Kier alpha value is -0.860. The first-order valence-corrected chi connectivity index (χ1v) is 7.20. The number of benzene rings is 1. The Morgan fingerprint density at radius 2 is 1.67 bits per heavy atom. The summed E-state index contributed by atoms with van der Waals surface area (Å²) in [6.07, 6.45) is 5.92. The quantitative estimate of drug-likeness (QED) is 0.857. The molecule has 0 amide bonds. The molecule has 1 aliphatic rings. The highest BCUT2D eigenvalue weighted by Gasteiger charge is 2.22. The molecule has 2 heteroatoms. The van der Waals surface area contributed by atoms with E-state index in [1.807, 2.05) is 0 Å². The summed E-state index contributed by atoms with van der Waals surface area (Å²) in [4.78, 5) is 0. The molecule has 1 fully saturated rings. The predicted octanol–water partition coefficient (Wildman–Crippen LogP) is 3.36. The highest BCUT2D eigenvalue weighted by Crippen LogP contribution is 2.34. The third kappa shape index (κ3) is 3.12. The topological polar surface area (TPSA) is 46.2 Å². The van der Waals surface area contributed by atoms with Crippen LogP contribution in [0.25, 0.3) is 0 Å². The summed E-state index contributed by atoms with van der Waals surface area (Å²) in [5.74, 6) is 0.849. The van der Waals surface area contributed by atoms with Crippen molar-refractivity contribution in [1.82, 2.24) is 0 Å². The van der Waals surface area contributed by atoms with Crippen molar-refractivity contribution in [2.75, 3.05) is 6.54 Å². The normalized spacial score (nSPS) is 20.6. The number of hydrogen-bond donors (Lipinski definition) is 2. The number of aliphatic hydroxyl groups is 1. The summed E-state index contributed by atoms with van der Waals surface area (Å²) in [5.41, 5.74) is 8.00. The van der Waals surface area contributed by atoms with Crippen LogP contribution < -0.4 is 5.73 Å². The van der Waals surface area contributed by atoms with E-state index in [0.717, 1.165) is 5.56 Å². The Morgan fingerprint density at radius 3 is 2.22 bits per heavy atom. The maximum atomic E-state index is 10.4. The first-order valence-electron chi connectivity index (χ1n) is 7.20. The number of aliphatic hydroxyl groups excluding tert-OH is 1. The van der Waals surface area contributed by atoms with Gasteiger partial charge in [0.1, 0.15) is 0 Å². The lowest BCUT2D eigenvalue weighted by Gasteiger charge is -2.27. The fourth-order valence-electron chi connectivity index (χ4n) is 2.88. The smallest absolute Gasteiger partial charge is 0.0818 e. The van der Waals surface area contributed by atoms with E-state index in [-0.39, 0.29) is 6.10 Å². The van der Waals surface area contributed by atoms with Crippen molar-refractivity contribution in [2.45, 2.75) is 51.0 Å². The third-order valence-corrected chi connectivity index (χ3v) is 4.30. The minimum Gasteiger partial charge on any atom is -0.388 e. The monoisotopic (exact) mass is 247 g/mol. The minimum absolute atomic E-state index is 0.285. The van der Waals surface area contributed by atoms with Crippen LogP contribution in [0.1, 0.15) is 62.2 Å². The van der Waals surface area contributed by atoms with Gasteiger partial charge in [0.25, 0.3) is 0 Å². The molecule has 0 heterocycles. The van der Waals surface area contributed by atoms with Gasteiger partial charge >= 0.3 is 0 Å². The first-order chi connectivity index (χ1) is 8.72. The van der Waals surface area contributed by atoms with Gasteiger partial charge in [-0.15, -0.1) is 0 Å². The van der Waals surface area contributed by atoms with E-state index in [1.165, 1.54) is 37.7 Å². The second-order valence-electron chi connectivity index (χ2n) is 5.65. The Labute approximate surface area is 110 Å². The van der Waals surface area contributed by atoms with Crippen LogP contribution in [-0.2, 0) is 0 Å². The van der Waals surface area contributed by atoms with E-state index in [0.29, 0.717) is 18.4 Å². The standard InChI is InChI=1S/C16H25NO/c1-12(11-17)13-7-9-15(10-8-13)16(18)14-5-3-2-4-6-14/h7-10,12,14,16,18H,2-6,11,17H2,1H3. The lowest BCUT2D eigenvalue weighted by Crippen LogP contribution is -2.16. The van der Waals surface area contributed by atoms with Gasteiger partial charge in [-0.2, -0.15) is 0 Å². The molecule has 1 saturated carbocycles. The molecule has 0 bridgehead atoms. The summed E-state index contributed by atoms with van der Waals surface area (Å²) in [6.45, 7) is 2.80. The molecule has 3 N–H and O–H groups in total. The summed E-state index contributed by atoms with van der Waals surface area (Å²) in [6, 6.07) is 8.36. The van der Waals surface area contributed by atoms with Crippen LogP contribution in [0, 0.1) is 5.92 Å². The third-order valence-electron chi connectivity index (χ3n) is 4.30. The van der Waals surface area contributed by atoms with Crippen molar-refractivity contribution in [3.05, 3.63) is 35.4 Å². The molecule has 1 aromatic carbocycles. The SMILES string of the molecule is CC(CN)c1ccc(C(O)C2CCCCC2)cc1. The molecule has 1 aromatic rings. The lowest BCUT2D eigenvalue weighted by atomic mass is 9.82. The fourth-order valence-corrected chi connectivity index (χ4v) is 2.88. The van der Waals surface area contributed by atoms with Gasteiger partial charge in [-0.05, 0) is 42.3 Å². The number of hydrogen-bond acceptors (Lipinski definition) is 2. The molecular weight excluding hydrogens is 222 g/mol. The van der Waals surface area contributed by atoms with E-state index >= 15 is 0 Å².